The monoisotopic (exact) mass is 479 g/mol. The Balaban J connectivity index is 1.43. The quantitative estimate of drug-likeness (QED) is 0.532. The van der Waals surface area contributed by atoms with Crippen molar-refractivity contribution in [3.05, 3.63) is 54.4 Å². The van der Waals surface area contributed by atoms with Crippen LogP contribution in [0.15, 0.2) is 48.8 Å². The molecule has 1 N–H and O–H groups in total. The molecule has 0 unspecified atom stereocenters. The first-order chi connectivity index (χ1) is 16.4. The Morgan fingerprint density at radius 2 is 1.85 bits per heavy atom. The maximum absolute atomic E-state index is 12.8. The predicted molar refractivity (Wildman–Crippen MR) is 140 cm³/mol. The molecule has 1 saturated heterocycles. The molecule has 34 heavy (non-hydrogen) atoms. The summed E-state index contributed by atoms with van der Waals surface area (Å²) in [5.41, 5.74) is 2.84. The van der Waals surface area contributed by atoms with Crippen molar-refractivity contribution in [1.82, 2.24) is 24.7 Å². The Morgan fingerprint density at radius 1 is 1.06 bits per heavy atom. The molecule has 3 aromatic rings. The number of aromatic nitrogens is 2. The van der Waals surface area contributed by atoms with Gasteiger partial charge >= 0.3 is 0 Å². The van der Waals surface area contributed by atoms with Gasteiger partial charge < -0.3 is 24.9 Å². The van der Waals surface area contributed by atoms with Gasteiger partial charge in [-0.05, 0) is 44.9 Å². The zero-order chi connectivity index (χ0) is 24.1. The molecular weight excluding hydrogens is 446 g/mol. The zero-order valence-electron chi connectivity index (χ0n) is 20.4. The summed E-state index contributed by atoms with van der Waals surface area (Å²) in [6, 6.07) is 11.9. The molecule has 3 heterocycles. The van der Waals surface area contributed by atoms with Gasteiger partial charge in [0.1, 0.15) is 5.82 Å². The van der Waals surface area contributed by atoms with Crippen molar-refractivity contribution in [2.45, 2.75) is 0 Å². The number of hydrogen-bond donors (Lipinski definition) is 1. The molecule has 1 amide bonds. The van der Waals surface area contributed by atoms with E-state index in [9.17, 15) is 4.79 Å². The Kier molecular flexibility index (Phi) is 7.77. The van der Waals surface area contributed by atoms with Crippen LogP contribution >= 0.6 is 11.3 Å². The number of nitrogens with zero attached hydrogens (tertiary/aromatic N) is 6. The molecule has 8 nitrogen and oxygen atoms in total. The second-order valence-corrected chi connectivity index (χ2v) is 9.99. The Labute approximate surface area is 205 Å². The minimum Gasteiger partial charge on any atom is -0.369 e. The molecule has 0 saturated carbocycles. The number of anilines is 3. The number of benzene rings is 1. The van der Waals surface area contributed by atoms with Crippen molar-refractivity contribution in [3.8, 4) is 10.4 Å². The van der Waals surface area contributed by atoms with Crippen molar-refractivity contribution in [3.63, 3.8) is 0 Å². The van der Waals surface area contributed by atoms with E-state index in [1.807, 2.05) is 57.8 Å². The third-order valence-electron chi connectivity index (χ3n) is 5.98. The number of thiazole rings is 1. The lowest BCUT2D eigenvalue weighted by Crippen LogP contribution is -2.44. The van der Waals surface area contributed by atoms with Gasteiger partial charge in [0.2, 0.25) is 0 Å². The molecule has 4 rings (SSSR count). The average Bonchev–Trinajstić information content (AvgIpc) is 3.31. The smallest absolute Gasteiger partial charge is 0.253 e. The fourth-order valence-corrected chi connectivity index (χ4v) is 4.62. The lowest BCUT2D eigenvalue weighted by molar-refractivity contribution is 0.0786. The van der Waals surface area contributed by atoms with E-state index in [2.05, 4.69) is 49.2 Å². The summed E-state index contributed by atoms with van der Waals surface area (Å²) >= 11 is 1.55. The van der Waals surface area contributed by atoms with Crippen LogP contribution in [-0.2, 0) is 0 Å². The van der Waals surface area contributed by atoms with Crippen molar-refractivity contribution in [2.24, 2.45) is 0 Å². The topological polar surface area (TPSA) is 67.8 Å². The van der Waals surface area contributed by atoms with Crippen molar-refractivity contribution >= 4 is 33.9 Å². The summed E-state index contributed by atoms with van der Waals surface area (Å²) in [6.45, 7) is 5.67. The number of hydrogen-bond acceptors (Lipinski definition) is 8. The first kappa shape index (κ1) is 24.1. The first-order valence-electron chi connectivity index (χ1n) is 11.5. The number of carbonyl (C=O) groups excluding carboxylic acids is 1. The molecule has 0 aliphatic carbocycles. The highest BCUT2D eigenvalue weighted by molar-refractivity contribution is 7.18. The molecule has 0 atom stereocenters. The van der Waals surface area contributed by atoms with E-state index >= 15 is 0 Å². The summed E-state index contributed by atoms with van der Waals surface area (Å²) in [5, 5.41) is 4.12. The van der Waals surface area contributed by atoms with Crippen LogP contribution in [0.5, 0.6) is 0 Å². The zero-order valence-corrected chi connectivity index (χ0v) is 21.2. The molecule has 1 aliphatic rings. The molecule has 1 aliphatic heterocycles. The maximum Gasteiger partial charge on any atom is 0.253 e. The Bertz CT molecular complexity index is 1110. The molecular formula is C25H33N7OS. The standard InChI is InChI=1S/C25H33N7OS/c1-29(2)10-13-31(4)24(33)20-7-5-6-19(16-20)22-18-27-25(34-22)28-23-17-21(8-9-26-23)32-14-11-30(3)12-15-32/h5-9,16-18H,10-15H2,1-4H3,(H,26,27,28). The van der Waals surface area contributed by atoms with Gasteiger partial charge in [-0.15, -0.1) is 0 Å². The minimum atomic E-state index is 0.0245. The summed E-state index contributed by atoms with van der Waals surface area (Å²) in [6.07, 6.45) is 3.68. The molecule has 9 heteroatoms. The molecule has 0 bridgehead atoms. The van der Waals surface area contributed by atoms with E-state index < -0.39 is 0 Å². The third kappa shape index (κ3) is 6.11. The van der Waals surface area contributed by atoms with Gasteiger partial charge in [-0.3, -0.25) is 4.79 Å². The highest BCUT2D eigenvalue weighted by Gasteiger charge is 2.16. The van der Waals surface area contributed by atoms with E-state index in [0.717, 1.165) is 54.1 Å². The third-order valence-corrected chi connectivity index (χ3v) is 6.94. The van der Waals surface area contributed by atoms with Crippen LogP contribution in [0.2, 0.25) is 0 Å². The van der Waals surface area contributed by atoms with Crippen LogP contribution in [-0.4, -0.2) is 98.0 Å². The lowest BCUT2D eigenvalue weighted by Gasteiger charge is -2.34. The molecule has 0 spiro atoms. The van der Waals surface area contributed by atoms with Gasteiger partial charge in [0.15, 0.2) is 5.13 Å². The van der Waals surface area contributed by atoms with E-state index in [0.29, 0.717) is 12.1 Å². The van der Waals surface area contributed by atoms with Crippen molar-refractivity contribution in [1.29, 1.82) is 0 Å². The van der Waals surface area contributed by atoms with Crippen molar-refractivity contribution in [2.75, 3.05) is 77.7 Å². The SMILES string of the molecule is CN(C)CCN(C)C(=O)c1cccc(-c2cnc(Nc3cc(N4CCN(C)CC4)ccn3)s2)c1. The van der Waals surface area contributed by atoms with Crippen LogP contribution in [0, 0.1) is 0 Å². The van der Waals surface area contributed by atoms with Gasteiger partial charge in [-0.2, -0.15) is 0 Å². The summed E-state index contributed by atoms with van der Waals surface area (Å²) in [5.74, 6) is 0.806. The number of amides is 1. The molecule has 1 fully saturated rings. The highest BCUT2D eigenvalue weighted by atomic mass is 32.1. The maximum atomic E-state index is 12.8. The van der Waals surface area contributed by atoms with E-state index in [1.165, 1.54) is 5.69 Å². The van der Waals surface area contributed by atoms with Gasteiger partial charge in [0.25, 0.3) is 5.91 Å². The number of piperazine rings is 1. The number of likely N-dealkylation sites (N-methyl/N-ethyl adjacent to an activating group) is 3. The minimum absolute atomic E-state index is 0.0245. The van der Waals surface area contributed by atoms with E-state index in [1.54, 1.807) is 16.2 Å². The number of pyridine rings is 1. The summed E-state index contributed by atoms with van der Waals surface area (Å²) in [7, 11) is 8.02. The van der Waals surface area contributed by atoms with Crippen LogP contribution < -0.4 is 10.2 Å². The summed E-state index contributed by atoms with van der Waals surface area (Å²) in [4.78, 5) is 31.4. The molecule has 180 valence electrons. The van der Waals surface area contributed by atoms with Crippen molar-refractivity contribution < 1.29 is 4.79 Å². The van der Waals surface area contributed by atoms with Gasteiger partial charge in [0, 0.05) is 76.0 Å². The van der Waals surface area contributed by atoms with Crippen LogP contribution in [0.4, 0.5) is 16.6 Å². The molecule has 2 aromatic heterocycles. The number of carbonyl (C=O) groups is 1. The first-order valence-corrected chi connectivity index (χ1v) is 12.3. The van der Waals surface area contributed by atoms with Crippen LogP contribution in [0.1, 0.15) is 10.4 Å². The van der Waals surface area contributed by atoms with E-state index in [-0.39, 0.29) is 5.91 Å². The average molecular weight is 480 g/mol. The van der Waals surface area contributed by atoms with Gasteiger partial charge in [-0.25, -0.2) is 9.97 Å². The molecule has 1 aromatic carbocycles. The fourth-order valence-electron chi connectivity index (χ4n) is 3.80. The van der Waals surface area contributed by atoms with E-state index in [4.69, 9.17) is 0 Å². The second-order valence-electron chi connectivity index (χ2n) is 8.96. The Hall–Kier alpha value is -3.01. The summed E-state index contributed by atoms with van der Waals surface area (Å²) < 4.78 is 0. The fraction of sp³-hybridized carbons (Fsp3) is 0.400. The largest absolute Gasteiger partial charge is 0.369 e. The normalized spacial score (nSPS) is 14.4. The number of rotatable bonds is 8. The van der Waals surface area contributed by atoms with Gasteiger partial charge in [0.05, 0.1) is 4.88 Å². The molecule has 0 radical (unpaired) electrons. The number of nitrogens with one attached hydrogen (secondary N) is 1. The highest BCUT2D eigenvalue weighted by Crippen LogP contribution is 2.31. The van der Waals surface area contributed by atoms with Gasteiger partial charge in [-0.1, -0.05) is 23.5 Å². The van der Waals surface area contributed by atoms with Crippen LogP contribution in [0.25, 0.3) is 10.4 Å². The Morgan fingerprint density at radius 3 is 2.62 bits per heavy atom. The van der Waals surface area contributed by atoms with Crippen LogP contribution in [0.3, 0.4) is 0 Å². The second kappa shape index (κ2) is 10.9. The predicted octanol–water partition coefficient (Wildman–Crippen LogP) is 3.33. The lowest BCUT2D eigenvalue weighted by atomic mass is 10.1.